The molecule has 0 unspecified atom stereocenters. The highest BCUT2D eigenvalue weighted by atomic mass is 19.1. The van der Waals surface area contributed by atoms with Crippen LogP contribution in [-0.4, -0.2) is 29.1 Å². The molecule has 7 atom stereocenters. The summed E-state index contributed by atoms with van der Waals surface area (Å²) in [4.78, 5) is 24.4. The van der Waals surface area contributed by atoms with Crippen molar-refractivity contribution in [3.05, 3.63) is 35.6 Å². The molecule has 166 valence electrons. The molecule has 1 aromatic rings. The average molecular weight is 419 g/mol. The maximum Gasteiger partial charge on any atom is 0.223 e. The topological polar surface area (TPSA) is 78.4 Å². The van der Waals surface area contributed by atoms with Crippen LogP contribution in [0, 0.1) is 34.9 Å². The van der Waals surface area contributed by atoms with Crippen molar-refractivity contribution in [3.8, 4) is 0 Å². The summed E-state index contributed by atoms with van der Waals surface area (Å²) >= 11 is 0. The molecule has 6 heteroatoms. The van der Waals surface area contributed by atoms with Gasteiger partial charge in [0.05, 0.1) is 6.10 Å². The van der Waals surface area contributed by atoms with Crippen LogP contribution < -0.4 is 10.6 Å². The molecule has 30 heavy (non-hydrogen) atoms. The molecule has 2 aliphatic rings. The number of nitrogens with one attached hydrogen (secondary N) is 2. The van der Waals surface area contributed by atoms with E-state index in [-0.39, 0.29) is 52.8 Å². The molecule has 0 radical (unpaired) electrons. The highest BCUT2D eigenvalue weighted by Gasteiger charge is 2.53. The van der Waals surface area contributed by atoms with E-state index in [0.29, 0.717) is 6.54 Å². The Labute approximate surface area is 178 Å². The first-order chi connectivity index (χ1) is 14.1. The number of fused-ring (bicyclic) bond motifs is 1. The minimum absolute atomic E-state index is 0.0363. The Morgan fingerprint density at radius 3 is 2.50 bits per heavy atom. The SMILES string of the molecule is CC(=O)N[C@H]1CC[C@]2(C)CC[C@H]([C@H](C)C(=O)NCc3ccc(F)cc3)[C@H](O)[C@H]2[C@@H]1C. The molecule has 3 N–H and O–H groups in total. The fourth-order valence-corrected chi connectivity index (χ4v) is 5.91. The lowest BCUT2D eigenvalue weighted by atomic mass is 9.51. The Balaban J connectivity index is 1.66. The van der Waals surface area contributed by atoms with E-state index in [2.05, 4.69) is 24.5 Å². The van der Waals surface area contributed by atoms with E-state index in [4.69, 9.17) is 0 Å². The van der Waals surface area contributed by atoms with Gasteiger partial charge >= 0.3 is 0 Å². The van der Waals surface area contributed by atoms with Gasteiger partial charge in [-0.2, -0.15) is 0 Å². The standard InChI is InChI=1S/C24H35FN2O3/c1-14(23(30)26-13-17-5-7-18(25)8-6-17)19-9-11-24(4)12-10-20(27-16(3)28)15(2)21(24)22(19)29/h5-8,14-15,19-22,29H,9-13H2,1-4H3,(H,26,30)(H,27,28)/t14-,15+,19+,20-,21+,22-,24-/m0/s1. The first-order valence-electron chi connectivity index (χ1n) is 11.1. The third kappa shape index (κ3) is 4.69. The van der Waals surface area contributed by atoms with Crippen molar-refractivity contribution in [3.63, 3.8) is 0 Å². The van der Waals surface area contributed by atoms with Crippen LogP contribution in [0.5, 0.6) is 0 Å². The lowest BCUT2D eigenvalue weighted by Crippen LogP contribution is -2.58. The van der Waals surface area contributed by atoms with E-state index in [9.17, 15) is 19.1 Å². The molecule has 1 aromatic carbocycles. The highest BCUT2D eigenvalue weighted by molar-refractivity contribution is 5.78. The van der Waals surface area contributed by atoms with E-state index < -0.39 is 6.10 Å². The number of hydrogen-bond acceptors (Lipinski definition) is 3. The van der Waals surface area contributed by atoms with Crippen LogP contribution >= 0.6 is 0 Å². The van der Waals surface area contributed by atoms with Crippen LogP contribution in [0.3, 0.4) is 0 Å². The molecule has 0 heterocycles. The molecule has 2 saturated carbocycles. The summed E-state index contributed by atoms with van der Waals surface area (Å²) in [5, 5.41) is 17.3. The second-order valence-corrected chi connectivity index (χ2v) is 9.71. The molecule has 2 aliphatic carbocycles. The van der Waals surface area contributed by atoms with Gasteiger partial charge in [0, 0.05) is 25.4 Å². The van der Waals surface area contributed by atoms with Crippen molar-refractivity contribution in [1.82, 2.24) is 10.6 Å². The average Bonchev–Trinajstić information content (AvgIpc) is 2.69. The number of aliphatic hydroxyl groups is 1. The number of carbonyl (C=O) groups is 2. The molecule has 0 saturated heterocycles. The molecular weight excluding hydrogens is 383 g/mol. The third-order valence-electron chi connectivity index (χ3n) is 7.71. The van der Waals surface area contributed by atoms with Crippen molar-refractivity contribution >= 4 is 11.8 Å². The summed E-state index contributed by atoms with van der Waals surface area (Å²) in [7, 11) is 0. The first-order valence-corrected chi connectivity index (χ1v) is 11.1. The van der Waals surface area contributed by atoms with E-state index in [1.54, 1.807) is 12.1 Å². The Morgan fingerprint density at radius 1 is 1.23 bits per heavy atom. The summed E-state index contributed by atoms with van der Waals surface area (Å²) in [5.41, 5.74) is 0.877. The van der Waals surface area contributed by atoms with Gasteiger partial charge in [0.15, 0.2) is 0 Å². The smallest absolute Gasteiger partial charge is 0.223 e. The molecule has 2 amide bonds. The molecule has 2 fully saturated rings. The van der Waals surface area contributed by atoms with Crippen LogP contribution in [0.25, 0.3) is 0 Å². The Bertz CT molecular complexity index is 768. The van der Waals surface area contributed by atoms with Crippen LogP contribution in [0.4, 0.5) is 4.39 Å². The second kappa shape index (κ2) is 9.04. The summed E-state index contributed by atoms with van der Waals surface area (Å²) in [6.45, 7) is 8.13. The van der Waals surface area contributed by atoms with Crippen molar-refractivity contribution in [2.75, 3.05) is 0 Å². The van der Waals surface area contributed by atoms with Gasteiger partial charge in [-0.1, -0.05) is 32.9 Å². The van der Waals surface area contributed by atoms with Gasteiger partial charge in [0.2, 0.25) is 11.8 Å². The quantitative estimate of drug-likeness (QED) is 0.686. The number of aliphatic hydroxyl groups excluding tert-OH is 1. The van der Waals surface area contributed by atoms with Crippen LogP contribution in [0.1, 0.15) is 58.9 Å². The number of amides is 2. The molecule has 0 spiro atoms. The van der Waals surface area contributed by atoms with E-state index in [1.807, 2.05) is 6.92 Å². The van der Waals surface area contributed by atoms with Gasteiger partial charge in [0.25, 0.3) is 0 Å². The van der Waals surface area contributed by atoms with E-state index in [0.717, 1.165) is 31.2 Å². The van der Waals surface area contributed by atoms with Crippen LogP contribution in [0.15, 0.2) is 24.3 Å². The number of benzene rings is 1. The van der Waals surface area contributed by atoms with Gasteiger partial charge < -0.3 is 15.7 Å². The monoisotopic (exact) mass is 418 g/mol. The fraction of sp³-hybridized carbons (Fsp3) is 0.667. The van der Waals surface area contributed by atoms with Crippen molar-refractivity contribution in [2.45, 2.75) is 72.1 Å². The summed E-state index contributed by atoms with van der Waals surface area (Å²) in [6, 6.07) is 6.15. The van der Waals surface area contributed by atoms with Crippen LogP contribution in [0.2, 0.25) is 0 Å². The maximum absolute atomic E-state index is 13.1. The minimum atomic E-state index is -0.582. The number of carbonyl (C=O) groups excluding carboxylic acids is 2. The molecule has 0 bridgehead atoms. The van der Waals surface area contributed by atoms with Crippen molar-refractivity contribution in [2.24, 2.45) is 29.1 Å². The van der Waals surface area contributed by atoms with Crippen LogP contribution in [-0.2, 0) is 16.1 Å². The number of halogens is 1. The summed E-state index contributed by atoms with van der Waals surface area (Å²) in [5.74, 6) is -0.659. The minimum Gasteiger partial charge on any atom is -0.392 e. The third-order valence-corrected chi connectivity index (χ3v) is 7.71. The zero-order valence-electron chi connectivity index (χ0n) is 18.5. The number of hydrogen-bond donors (Lipinski definition) is 3. The first kappa shape index (κ1) is 22.7. The van der Waals surface area contributed by atoms with Gasteiger partial charge in [-0.25, -0.2) is 4.39 Å². The largest absolute Gasteiger partial charge is 0.392 e. The lowest BCUT2D eigenvalue weighted by Gasteiger charge is -2.56. The predicted molar refractivity (Wildman–Crippen MR) is 114 cm³/mol. The molecule has 0 aliphatic heterocycles. The summed E-state index contributed by atoms with van der Waals surface area (Å²) in [6.07, 6.45) is 3.12. The normalized spacial score (nSPS) is 34.5. The zero-order chi connectivity index (χ0) is 22.1. The van der Waals surface area contributed by atoms with Gasteiger partial charge in [-0.15, -0.1) is 0 Å². The molecule has 3 rings (SSSR count). The Hall–Kier alpha value is -1.95. The molecule has 0 aromatic heterocycles. The van der Waals surface area contributed by atoms with Crippen molar-refractivity contribution < 1.29 is 19.1 Å². The zero-order valence-corrected chi connectivity index (χ0v) is 18.5. The van der Waals surface area contributed by atoms with Crippen molar-refractivity contribution in [1.29, 1.82) is 0 Å². The number of rotatable bonds is 5. The van der Waals surface area contributed by atoms with E-state index >= 15 is 0 Å². The maximum atomic E-state index is 13.1. The van der Waals surface area contributed by atoms with Gasteiger partial charge in [-0.05, 0) is 66.5 Å². The molecular formula is C24H35FN2O3. The van der Waals surface area contributed by atoms with Gasteiger partial charge in [0.1, 0.15) is 5.82 Å². The van der Waals surface area contributed by atoms with Gasteiger partial charge in [-0.3, -0.25) is 9.59 Å². The van der Waals surface area contributed by atoms with E-state index in [1.165, 1.54) is 19.1 Å². The highest BCUT2D eigenvalue weighted by Crippen LogP contribution is 2.55. The lowest BCUT2D eigenvalue weighted by molar-refractivity contribution is -0.143. The second-order valence-electron chi connectivity index (χ2n) is 9.71. The summed E-state index contributed by atoms with van der Waals surface area (Å²) < 4.78 is 13.1. The Morgan fingerprint density at radius 2 is 1.87 bits per heavy atom. The predicted octanol–water partition coefficient (Wildman–Crippen LogP) is 3.41. The fourth-order valence-electron chi connectivity index (χ4n) is 5.91. The Kier molecular flexibility index (Phi) is 6.85. The molecule has 5 nitrogen and oxygen atoms in total.